The largest absolute Gasteiger partial charge is 0.416 e. The second kappa shape index (κ2) is 8.42. The molecule has 4 rings (SSSR count). The number of benzene rings is 2. The molecule has 0 amide bonds. The summed E-state index contributed by atoms with van der Waals surface area (Å²) in [6.45, 7) is 6.28. The van der Waals surface area contributed by atoms with E-state index in [1.807, 2.05) is 43.1 Å². The fourth-order valence-electron chi connectivity index (χ4n) is 4.69. The Labute approximate surface area is 181 Å². The zero-order chi connectivity index (χ0) is 22.2. The van der Waals surface area contributed by atoms with Crippen LogP contribution >= 0.6 is 0 Å². The fourth-order valence-corrected chi connectivity index (χ4v) is 4.69. The van der Waals surface area contributed by atoms with Crippen LogP contribution in [0.1, 0.15) is 54.1 Å². The number of alkyl halides is 3. The van der Waals surface area contributed by atoms with Gasteiger partial charge in [0.05, 0.1) is 5.56 Å². The van der Waals surface area contributed by atoms with Gasteiger partial charge in [0.15, 0.2) is 0 Å². The molecule has 2 unspecified atom stereocenters. The van der Waals surface area contributed by atoms with Crippen molar-refractivity contribution in [3.05, 3.63) is 88.6 Å². The van der Waals surface area contributed by atoms with Crippen LogP contribution in [0.5, 0.6) is 0 Å². The fraction of sp³-hybridized carbons (Fsp3) is 0.360. The number of nitrogens with one attached hydrogen (secondary N) is 2. The monoisotopic (exact) mass is 427 g/mol. The number of likely N-dealkylation sites (N-methyl/N-ethyl adjacent to an activating group) is 1. The van der Waals surface area contributed by atoms with Gasteiger partial charge in [0, 0.05) is 17.0 Å². The van der Waals surface area contributed by atoms with Gasteiger partial charge >= 0.3 is 6.18 Å². The van der Waals surface area contributed by atoms with Crippen LogP contribution in [0.25, 0.3) is 5.70 Å². The third-order valence-electron chi connectivity index (χ3n) is 6.31. The van der Waals surface area contributed by atoms with Crippen LogP contribution in [0.4, 0.5) is 13.2 Å². The van der Waals surface area contributed by atoms with Gasteiger partial charge in [-0.15, -0.1) is 0 Å². The van der Waals surface area contributed by atoms with E-state index >= 15 is 0 Å². The van der Waals surface area contributed by atoms with Gasteiger partial charge in [-0.25, -0.2) is 0 Å². The molecule has 0 aromatic heterocycles. The summed E-state index contributed by atoms with van der Waals surface area (Å²) in [4.78, 5) is 1.96. The molecule has 1 aliphatic carbocycles. The van der Waals surface area contributed by atoms with Crippen molar-refractivity contribution >= 4 is 5.70 Å². The first-order valence-electron chi connectivity index (χ1n) is 10.7. The molecule has 164 valence electrons. The van der Waals surface area contributed by atoms with Gasteiger partial charge in [-0.1, -0.05) is 49.0 Å². The molecule has 6 heteroatoms. The average molecular weight is 428 g/mol. The molecule has 0 spiro atoms. The standard InChI is InChI=1S/C25H28F3N3/c1-16-10-4-5-11-18(16)17(2)29-24-20-13-7-9-15-22(20)30-23(31(24)3)19-12-6-8-14-21(19)25(26,27)28/h4-6,8,10-12,14,23-24,29-30H,2,7,9,13,15H2,1,3H3. The second-order valence-corrected chi connectivity index (χ2v) is 8.35. The molecule has 0 fully saturated rings. The Bertz CT molecular complexity index is 1010. The normalized spacial score (nSPS) is 22.0. The highest BCUT2D eigenvalue weighted by molar-refractivity contribution is 5.65. The highest BCUT2D eigenvalue weighted by Gasteiger charge is 2.40. The van der Waals surface area contributed by atoms with Crippen molar-refractivity contribution in [3.63, 3.8) is 0 Å². The first-order valence-corrected chi connectivity index (χ1v) is 10.7. The van der Waals surface area contributed by atoms with Crippen LogP contribution < -0.4 is 10.6 Å². The van der Waals surface area contributed by atoms with Gasteiger partial charge < -0.3 is 10.6 Å². The summed E-state index contributed by atoms with van der Waals surface area (Å²) in [6.07, 6.45) is -1.34. The maximum absolute atomic E-state index is 13.7. The summed E-state index contributed by atoms with van der Waals surface area (Å²) in [5.74, 6) is 0. The Morgan fingerprint density at radius 1 is 1.06 bits per heavy atom. The molecule has 0 bridgehead atoms. The molecular weight excluding hydrogens is 399 g/mol. The Morgan fingerprint density at radius 2 is 1.74 bits per heavy atom. The summed E-state index contributed by atoms with van der Waals surface area (Å²) in [6, 6.07) is 13.8. The first kappa shape index (κ1) is 21.5. The number of hydrogen-bond donors (Lipinski definition) is 2. The highest BCUT2D eigenvalue weighted by Crippen LogP contribution is 2.40. The molecule has 1 heterocycles. The molecule has 2 aromatic carbocycles. The molecular formula is C25H28F3N3. The van der Waals surface area contributed by atoms with Crippen LogP contribution in [-0.2, 0) is 6.18 Å². The Morgan fingerprint density at radius 3 is 2.48 bits per heavy atom. The van der Waals surface area contributed by atoms with Crippen LogP contribution in [0.15, 0.2) is 66.4 Å². The van der Waals surface area contributed by atoms with Gasteiger partial charge in [-0.05, 0) is 62.4 Å². The zero-order valence-corrected chi connectivity index (χ0v) is 17.9. The first-order chi connectivity index (χ1) is 14.8. The third kappa shape index (κ3) is 4.22. The van der Waals surface area contributed by atoms with Gasteiger partial charge in [0.25, 0.3) is 0 Å². The van der Waals surface area contributed by atoms with Crippen molar-refractivity contribution in [2.24, 2.45) is 0 Å². The summed E-state index contributed by atoms with van der Waals surface area (Å²) in [7, 11) is 1.87. The lowest BCUT2D eigenvalue weighted by Crippen LogP contribution is -2.54. The number of hydrogen-bond acceptors (Lipinski definition) is 3. The maximum atomic E-state index is 13.7. The van der Waals surface area contributed by atoms with Crippen molar-refractivity contribution in [2.45, 2.75) is 51.1 Å². The van der Waals surface area contributed by atoms with Crippen molar-refractivity contribution < 1.29 is 13.2 Å². The van der Waals surface area contributed by atoms with Crippen molar-refractivity contribution in [1.82, 2.24) is 15.5 Å². The van der Waals surface area contributed by atoms with Gasteiger partial charge in [0.1, 0.15) is 12.3 Å². The zero-order valence-electron chi connectivity index (χ0n) is 17.9. The van der Waals surface area contributed by atoms with E-state index in [0.717, 1.165) is 54.3 Å². The molecule has 2 atom stereocenters. The molecule has 0 saturated heterocycles. The van der Waals surface area contributed by atoms with E-state index in [1.54, 1.807) is 12.1 Å². The third-order valence-corrected chi connectivity index (χ3v) is 6.31. The summed E-state index contributed by atoms with van der Waals surface area (Å²) < 4.78 is 41.2. The van der Waals surface area contributed by atoms with Crippen molar-refractivity contribution in [1.29, 1.82) is 0 Å². The minimum Gasteiger partial charge on any atom is -0.369 e. The summed E-state index contributed by atoms with van der Waals surface area (Å²) in [5, 5.41) is 6.96. The predicted molar refractivity (Wildman–Crippen MR) is 118 cm³/mol. The lowest BCUT2D eigenvalue weighted by Gasteiger charge is -2.46. The van der Waals surface area contributed by atoms with Gasteiger partial charge in [0.2, 0.25) is 0 Å². The van der Waals surface area contributed by atoms with Crippen molar-refractivity contribution in [3.8, 4) is 0 Å². The molecule has 2 aliphatic rings. The molecule has 0 radical (unpaired) electrons. The number of allylic oxidation sites excluding steroid dienone is 1. The van der Waals surface area contributed by atoms with Crippen molar-refractivity contribution in [2.75, 3.05) is 7.05 Å². The molecule has 1 aliphatic heterocycles. The van der Waals surface area contributed by atoms with E-state index in [-0.39, 0.29) is 11.7 Å². The number of rotatable bonds is 4. The topological polar surface area (TPSA) is 27.3 Å². The highest BCUT2D eigenvalue weighted by atomic mass is 19.4. The number of nitrogens with zero attached hydrogens (tertiary/aromatic N) is 1. The SMILES string of the molecule is C=C(NC1C2=C(CCCC2)NC(c2ccccc2C(F)(F)F)N1C)c1ccccc1C. The van der Waals surface area contributed by atoms with E-state index in [0.29, 0.717) is 0 Å². The average Bonchev–Trinajstić information content (AvgIpc) is 2.75. The molecule has 2 N–H and O–H groups in total. The van der Waals surface area contributed by atoms with Crippen LogP contribution in [0, 0.1) is 6.92 Å². The lowest BCUT2D eigenvalue weighted by atomic mass is 9.89. The Hall–Kier alpha value is -2.73. The molecule has 31 heavy (non-hydrogen) atoms. The number of halogens is 3. The summed E-state index contributed by atoms with van der Waals surface area (Å²) >= 11 is 0. The van der Waals surface area contributed by atoms with Crippen LogP contribution in [0.2, 0.25) is 0 Å². The smallest absolute Gasteiger partial charge is 0.369 e. The number of aryl methyl sites for hydroxylation is 1. The predicted octanol–water partition coefficient (Wildman–Crippen LogP) is 5.96. The van der Waals surface area contributed by atoms with Gasteiger partial charge in [-0.3, -0.25) is 4.90 Å². The molecule has 0 saturated carbocycles. The van der Waals surface area contributed by atoms with Crippen LogP contribution in [-0.4, -0.2) is 18.1 Å². The van der Waals surface area contributed by atoms with E-state index in [4.69, 9.17) is 0 Å². The van der Waals surface area contributed by atoms with Gasteiger partial charge in [-0.2, -0.15) is 13.2 Å². The minimum absolute atomic E-state index is 0.227. The van der Waals surface area contributed by atoms with Crippen LogP contribution in [0.3, 0.4) is 0 Å². The minimum atomic E-state index is -4.41. The summed E-state index contributed by atoms with van der Waals surface area (Å²) in [5.41, 5.74) is 4.80. The molecule has 2 aromatic rings. The van der Waals surface area contributed by atoms with E-state index in [1.165, 1.54) is 11.6 Å². The Balaban J connectivity index is 1.72. The Kier molecular flexibility index (Phi) is 5.84. The van der Waals surface area contributed by atoms with E-state index in [2.05, 4.69) is 17.2 Å². The molecule has 3 nitrogen and oxygen atoms in total. The maximum Gasteiger partial charge on any atom is 0.416 e. The van der Waals surface area contributed by atoms with E-state index < -0.39 is 17.9 Å². The van der Waals surface area contributed by atoms with E-state index in [9.17, 15) is 13.2 Å². The quantitative estimate of drug-likeness (QED) is 0.630. The lowest BCUT2D eigenvalue weighted by molar-refractivity contribution is -0.139. The second-order valence-electron chi connectivity index (χ2n) is 8.35.